The number of nitrogens with one attached hydrogen (secondary N) is 2. The Kier molecular flexibility index (Phi) is 10.4. The number of aliphatic hydroxyl groups is 1. The van der Waals surface area contributed by atoms with E-state index in [0.717, 1.165) is 24.3 Å². The maximum atomic E-state index is 13.7. The second kappa shape index (κ2) is 13.9. The average molecular weight is 665 g/mol. The molecule has 3 N–H and O–H groups in total. The van der Waals surface area contributed by atoms with Gasteiger partial charge in [-0.25, -0.2) is 13.2 Å². The van der Waals surface area contributed by atoms with Gasteiger partial charge >= 0.3 is 12.2 Å². The normalized spacial score (nSPS) is 17.6. The van der Waals surface area contributed by atoms with E-state index in [1.165, 1.54) is 66.4 Å². The first-order valence-electron chi connectivity index (χ1n) is 14.2. The number of fused-ring (bicyclic) bond motifs is 1. The molecular formula is C31H35F3N4O7S. The van der Waals surface area contributed by atoms with Crippen LogP contribution >= 0.6 is 0 Å². The fraction of sp³-hybridized carbons (Fsp3) is 0.355. The highest BCUT2D eigenvalue weighted by Crippen LogP contribution is 2.32. The molecule has 0 saturated heterocycles. The van der Waals surface area contributed by atoms with Gasteiger partial charge in [0.05, 0.1) is 42.3 Å². The van der Waals surface area contributed by atoms with E-state index in [1.54, 1.807) is 6.92 Å². The van der Waals surface area contributed by atoms with Crippen molar-refractivity contribution in [3.63, 3.8) is 0 Å². The van der Waals surface area contributed by atoms with Crippen molar-refractivity contribution in [2.75, 3.05) is 43.9 Å². The largest absolute Gasteiger partial charge is 0.497 e. The number of sulfonamides is 1. The molecule has 0 unspecified atom stereocenters. The summed E-state index contributed by atoms with van der Waals surface area (Å²) in [5.74, 6) is -0.213. The number of carbonyl (C=O) groups excluding carboxylic acids is 2. The average Bonchev–Trinajstić information content (AvgIpc) is 3.02. The van der Waals surface area contributed by atoms with Gasteiger partial charge in [-0.3, -0.25) is 9.52 Å². The van der Waals surface area contributed by atoms with Crippen molar-refractivity contribution < 1.29 is 45.8 Å². The lowest BCUT2D eigenvalue weighted by molar-refractivity contribution is -0.137. The number of hydrogen-bond donors (Lipinski definition) is 3. The number of halogens is 3. The number of hydrogen-bond acceptors (Lipinski definition) is 7. The van der Waals surface area contributed by atoms with Crippen LogP contribution in [0.4, 0.5) is 29.3 Å². The molecule has 0 saturated carbocycles. The van der Waals surface area contributed by atoms with Crippen molar-refractivity contribution in [3.8, 4) is 11.5 Å². The van der Waals surface area contributed by atoms with E-state index in [2.05, 4.69) is 10.0 Å². The van der Waals surface area contributed by atoms with Crippen molar-refractivity contribution in [3.05, 3.63) is 77.9 Å². The topological polar surface area (TPSA) is 138 Å². The zero-order valence-corrected chi connectivity index (χ0v) is 26.4. The third-order valence-electron chi connectivity index (χ3n) is 7.55. The number of benzene rings is 3. The molecule has 3 amide bonds. The number of methoxy groups -OCH3 is 1. The highest BCUT2D eigenvalue weighted by molar-refractivity contribution is 7.92. The molecule has 0 radical (unpaired) electrons. The fourth-order valence-corrected chi connectivity index (χ4v) is 5.84. The summed E-state index contributed by atoms with van der Waals surface area (Å²) in [7, 11) is -1.08. The van der Waals surface area contributed by atoms with Crippen molar-refractivity contribution in [2.24, 2.45) is 5.92 Å². The van der Waals surface area contributed by atoms with Gasteiger partial charge in [-0.15, -0.1) is 0 Å². The first kappa shape index (κ1) is 34.4. The van der Waals surface area contributed by atoms with Gasteiger partial charge in [0.15, 0.2) is 0 Å². The molecule has 46 heavy (non-hydrogen) atoms. The molecule has 3 atom stereocenters. The van der Waals surface area contributed by atoms with Gasteiger partial charge in [-0.2, -0.15) is 13.2 Å². The first-order chi connectivity index (χ1) is 21.6. The maximum absolute atomic E-state index is 13.7. The van der Waals surface area contributed by atoms with E-state index >= 15 is 0 Å². The van der Waals surface area contributed by atoms with Gasteiger partial charge in [-0.05, 0) is 73.7 Å². The van der Waals surface area contributed by atoms with Crippen molar-refractivity contribution in [1.29, 1.82) is 0 Å². The van der Waals surface area contributed by atoms with Crippen LogP contribution in [0.3, 0.4) is 0 Å². The highest BCUT2D eigenvalue weighted by atomic mass is 32.2. The number of likely N-dealkylation sites (N-methyl/N-ethyl adjacent to an activating group) is 1. The van der Waals surface area contributed by atoms with E-state index in [4.69, 9.17) is 9.47 Å². The van der Waals surface area contributed by atoms with E-state index in [0.29, 0.717) is 5.75 Å². The minimum atomic E-state index is -4.51. The van der Waals surface area contributed by atoms with Crippen LogP contribution in [0.2, 0.25) is 0 Å². The Morgan fingerprint density at radius 2 is 1.74 bits per heavy atom. The summed E-state index contributed by atoms with van der Waals surface area (Å²) in [6.45, 7) is 3.31. The molecule has 11 nitrogen and oxygen atoms in total. The number of amides is 3. The predicted octanol–water partition coefficient (Wildman–Crippen LogP) is 4.90. The Labute approximate surface area is 265 Å². The molecular weight excluding hydrogens is 629 g/mol. The maximum Gasteiger partial charge on any atom is 0.416 e. The monoisotopic (exact) mass is 664 g/mol. The Hall–Kier alpha value is -4.50. The van der Waals surface area contributed by atoms with Crippen molar-refractivity contribution in [1.82, 2.24) is 9.80 Å². The number of anilines is 2. The molecule has 1 aliphatic heterocycles. The second-order valence-corrected chi connectivity index (χ2v) is 12.7. The van der Waals surface area contributed by atoms with Crippen LogP contribution in [0.25, 0.3) is 0 Å². The smallest absolute Gasteiger partial charge is 0.416 e. The SMILES string of the molecule is COc1ccc(S(=O)(=O)Nc2ccc3c(c2)C(=O)N([C@@H](C)CO)C[C@@H](C)[C@H](CN(C)C(=O)Nc2ccc(C(F)(F)F)cc2)O3)cc1. The van der Waals surface area contributed by atoms with Crippen LogP contribution in [0.15, 0.2) is 71.6 Å². The van der Waals surface area contributed by atoms with E-state index in [-0.39, 0.29) is 53.2 Å². The zero-order valence-electron chi connectivity index (χ0n) is 25.5. The summed E-state index contributed by atoms with van der Waals surface area (Å²) in [5.41, 5.74) is -0.535. The molecule has 4 rings (SSSR count). The first-order valence-corrected chi connectivity index (χ1v) is 15.7. The molecule has 0 aromatic heterocycles. The number of urea groups is 1. The number of carbonyl (C=O) groups is 2. The number of alkyl halides is 3. The predicted molar refractivity (Wildman–Crippen MR) is 165 cm³/mol. The Morgan fingerprint density at radius 1 is 1.11 bits per heavy atom. The standard InChI is InChI=1S/C31H35F3N4O7S/c1-19-16-38(20(2)18-39)29(40)26-15-23(36-46(42,43)25-12-10-24(44-4)11-13-25)9-14-27(26)45-28(19)17-37(3)30(41)35-22-7-5-21(6-8-22)31(32,33)34/h5-15,19-20,28,36,39H,16-18H2,1-4H3,(H,35,41)/t19-,20+,28+/m1/s1. The summed E-state index contributed by atoms with van der Waals surface area (Å²) in [6, 6.07) is 12.9. The zero-order chi connectivity index (χ0) is 33.8. The number of ether oxygens (including phenoxy) is 2. The lowest BCUT2D eigenvalue weighted by Gasteiger charge is -2.38. The van der Waals surface area contributed by atoms with Crippen LogP contribution in [0, 0.1) is 5.92 Å². The lowest BCUT2D eigenvalue weighted by Crippen LogP contribution is -2.50. The second-order valence-electron chi connectivity index (χ2n) is 11.0. The molecule has 0 bridgehead atoms. The summed E-state index contributed by atoms with van der Waals surface area (Å²) in [6.07, 6.45) is -5.18. The lowest BCUT2D eigenvalue weighted by atomic mass is 9.99. The van der Waals surface area contributed by atoms with Crippen LogP contribution in [-0.4, -0.2) is 81.3 Å². The summed E-state index contributed by atoms with van der Waals surface area (Å²) < 4.78 is 78.6. The number of rotatable bonds is 9. The van der Waals surface area contributed by atoms with Gasteiger partial charge in [0.1, 0.15) is 17.6 Å². The molecule has 3 aromatic rings. The summed E-state index contributed by atoms with van der Waals surface area (Å²) in [5, 5.41) is 12.5. The van der Waals surface area contributed by atoms with Crippen LogP contribution in [0.1, 0.15) is 29.8 Å². The summed E-state index contributed by atoms with van der Waals surface area (Å²) >= 11 is 0. The Balaban J connectivity index is 1.57. The van der Waals surface area contributed by atoms with E-state index in [9.17, 15) is 36.3 Å². The number of aliphatic hydroxyl groups excluding tert-OH is 1. The number of nitrogens with zero attached hydrogens (tertiary/aromatic N) is 2. The Morgan fingerprint density at radius 3 is 2.33 bits per heavy atom. The van der Waals surface area contributed by atoms with Crippen LogP contribution in [-0.2, 0) is 16.2 Å². The van der Waals surface area contributed by atoms with Gasteiger partial charge in [-0.1, -0.05) is 6.92 Å². The van der Waals surface area contributed by atoms with Gasteiger partial charge in [0, 0.05) is 30.9 Å². The fourth-order valence-electron chi connectivity index (χ4n) is 4.79. The van der Waals surface area contributed by atoms with Crippen molar-refractivity contribution >= 4 is 33.3 Å². The molecule has 3 aromatic carbocycles. The molecule has 0 spiro atoms. The van der Waals surface area contributed by atoms with Gasteiger partial charge < -0.3 is 29.7 Å². The summed E-state index contributed by atoms with van der Waals surface area (Å²) in [4.78, 5) is 29.4. The molecule has 15 heteroatoms. The minimum Gasteiger partial charge on any atom is -0.497 e. The van der Waals surface area contributed by atoms with E-state index in [1.807, 2.05) is 6.92 Å². The Bertz CT molecular complexity index is 1650. The van der Waals surface area contributed by atoms with Crippen molar-refractivity contribution in [2.45, 2.75) is 37.1 Å². The molecule has 248 valence electrons. The molecule has 0 fully saturated rings. The highest BCUT2D eigenvalue weighted by Gasteiger charge is 2.35. The van der Waals surface area contributed by atoms with Crippen LogP contribution < -0.4 is 19.5 Å². The van der Waals surface area contributed by atoms with E-state index < -0.39 is 45.8 Å². The molecule has 1 aliphatic rings. The van der Waals surface area contributed by atoms with Gasteiger partial charge in [0.25, 0.3) is 15.9 Å². The third kappa shape index (κ3) is 8.01. The molecule has 1 heterocycles. The van der Waals surface area contributed by atoms with Crippen LogP contribution in [0.5, 0.6) is 11.5 Å². The quantitative estimate of drug-likeness (QED) is 0.296. The third-order valence-corrected chi connectivity index (χ3v) is 8.95. The minimum absolute atomic E-state index is 0.0223. The van der Waals surface area contributed by atoms with Gasteiger partial charge in [0.2, 0.25) is 0 Å². The molecule has 0 aliphatic carbocycles.